The number of phenolic OH excluding ortho intramolecular Hbond substituents is 1. The van der Waals surface area contributed by atoms with Gasteiger partial charge >= 0.3 is 0 Å². The van der Waals surface area contributed by atoms with Crippen LogP contribution < -0.4 is 0 Å². The number of rotatable bonds is 2. The summed E-state index contributed by atoms with van der Waals surface area (Å²) < 4.78 is 2.40. The Kier molecular flexibility index (Phi) is 7.34. The molecule has 2 aromatic heterocycles. The van der Waals surface area contributed by atoms with Crippen LogP contribution in [0.15, 0.2) is 133 Å². The summed E-state index contributed by atoms with van der Waals surface area (Å²) in [4.78, 5) is 3.52. The van der Waals surface area contributed by atoms with Crippen LogP contribution in [0.1, 0.15) is 0 Å². The standard InChI is InChI=1S/C26H17N.C13H10NOS.W/c1-2-8-19-17(7-1)15-23(21-10-4-3-9-20(19)21)18-13-14-26-24(16-18)22-11-5-6-12-25(22)27-26;1-14-13-9(15)6-7-11-12(13)8-4-2-3-5-10(8)16-11;/h1-16,27H;2-7,15H,1H3;/q;-1;. The van der Waals surface area contributed by atoms with Crippen molar-refractivity contribution in [2.45, 2.75) is 0 Å². The fourth-order valence-corrected chi connectivity index (χ4v) is 7.43. The quantitative estimate of drug-likeness (QED) is 0.170. The van der Waals surface area contributed by atoms with Crippen LogP contribution in [-0.2, 0) is 21.1 Å². The number of H-pyrrole nitrogens is 1. The third kappa shape index (κ3) is 4.63. The fourth-order valence-electron chi connectivity index (χ4n) is 6.32. The summed E-state index contributed by atoms with van der Waals surface area (Å²) in [7, 11) is 1.71. The summed E-state index contributed by atoms with van der Waals surface area (Å²) in [5.41, 5.74) is 5.61. The van der Waals surface area contributed by atoms with Gasteiger partial charge in [-0.3, -0.25) is 0 Å². The molecule has 2 N–H and O–H groups in total. The molecule has 0 spiro atoms. The van der Waals surface area contributed by atoms with Crippen molar-refractivity contribution in [2.24, 2.45) is 0 Å². The van der Waals surface area contributed by atoms with Crippen LogP contribution in [0.2, 0.25) is 0 Å². The van der Waals surface area contributed by atoms with Crippen molar-refractivity contribution in [1.29, 1.82) is 0 Å². The Labute approximate surface area is 273 Å². The molecule has 2 heterocycles. The van der Waals surface area contributed by atoms with Crippen LogP contribution in [0.4, 0.5) is 5.69 Å². The molecule has 212 valence electrons. The van der Waals surface area contributed by atoms with Crippen LogP contribution in [0, 0.1) is 0 Å². The van der Waals surface area contributed by atoms with Gasteiger partial charge < -0.3 is 15.4 Å². The van der Waals surface area contributed by atoms with E-state index in [0.717, 1.165) is 5.39 Å². The molecule has 0 atom stereocenters. The maximum absolute atomic E-state index is 9.80. The normalized spacial score (nSPS) is 11.2. The van der Waals surface area contributed by atoms with Crippen molar-refractivity contribution >= 4 is 80.5 Å². The molecular formula is C39H27N2OSW-. The average molecular weight is 756 g/mol. The van der Waals surface area contributed by atoms with Crippen LogP contribution in [-0.4, -0.2) is 17.1 Å². The van der Waals surface area contributed by atoms with E-state index in [2.05, 4.69) is 119 Å². The topological polar surface area (TPSA) is 50.1 Å². The Morgan fingerprint density at radius 3 is 2.05 bits per heavy atom. The van der Waals surface area contributed by atoms with Gasteiger partial charge in [0.2, 0.25) is 0 Å². The van der Waals surface area contributed by atoms with Gasteiger partial charge in [-0.15, -0.1) is 18.4 Å². The van der Waals surface area contributed by atoms with E-state index in [9.17, 15) is 5.11 Å². The number of nitrogens with one attached hydrogen (secondary N) is 1. The molecule has 3 nitrogen and oxygen atoms in total. The summed E-state index contributed by atoms with van der Waals surface area (Å²) in [6.45, 7) is 0. The Morgan fingerprint density at radius 1 is 0.568 bits per heavy atom. The van der Waals surface area contributed by atoms with E-state index in [1.807, 2.05) is 18.2 Å². The molecule has 44 heavy (non-hydrogen) atoms. The molecule has 0 aliphatic heterocycles. The summed E-state index contributed by atoms with van der Waals surface area (Å²) in [5.74, 6) is 0.249. The van der Waals surface area contributed by atoms with Gasteiger partial charge in [0.15, 0.2) is 0 Å². The number of hydrogen-bond acceptors (Lipinski definition) is 2. The number of aromatic hydroxyl groups is 1. The zero-order valence-corrected chi connectivity index (χ0v) is 27.7. The first-order chi connectivity index (χ1) is 21.2. The number of hydrogen-bond donors (Lipinski definition) is 2. The third-order valence-electron chi connectivity index (χ3n) is 8.30. The monoisotopic (exact) mass is 755 g/mol. The molecule has 0 radical (unpaired) electrons. The minimum Gasteiger partial charge on any atom is -0.683 e. The maximum Gasteiger partial charge on any atom is 0.101 e. The van der Waals surface area contributed by atoms with E-state index in [0.29, 0.717) is 5.69 Å². The van der Waals surface area contributed by atoms with E-state index in [1.54, 1.807) is 24.5 Å². The van der Waals surface area contributed by atoms with Gasteiger partial charge in [-0.1, -0.05) is 96.7 Å². The first kappa shape index (κ1) is 28.2. The largest absolute Gasteiger partial charge is 0.683 e. The smallest absolute Gasteiger partial charge is 0.101 e. The van der Waals surface area contributed by atoms with Crippen molar-refractivity contribution in [3.63, 3.8) is 0 Å². The maximum atomic E-state index is 9.80. The Balaban J connectivity index is 0.000000158. The summed E-state index contributed by atoms with van der Waals surface area (Å²) in [6.07, 6.45) is 0. The van der Waals surface area contributed by atoms with Crippen molar-refractivity contribution in [3.05, 3.63) is 139 Å². The van der Waals surface area contributed by atoms with Crippen LogP contribution in [0.3, 0.4) is 0 Å². The van der Waals surface area contributed by atoms with E-state index < -0.39 is 0 Å². The predicted molar refractivity (Wildman–Crippen MR) is 186 cm³/mol. The first-order valence-corrected chi connectivity index (χ1v) is 15.2. The molecule has 9 aromatic rings. The number of phenols is 1. The number of nitrogens with zero attached hydrogens (tertiary/aromatic N) is 1. The second-order valence-corrected chi connectivity index (χ2v) is 11.8. The van der Waals surface area contributed by atoms with E-state index in [-0.39, 0.29) is 26.8 Å². The minimum absolute atomic E-state index is 0. The van der Waals surface area contributed by atoms with E-state index >= 15 is 0 Å². The molecule has 0 aliphatic carbocycles. The molecule has 0 saturated heterocycles. The van der Waals surface area contributed by atoms with Crippen LogP contribution in [0.25, 0.3) is 80.0 Å². The van der Waals surface area contributed by atoms with Gasteiger partial charge in [-0.25, -0.2) is 0 Å². The molecule has 0 saturated carbocycles. The number of aromatic amines is 1. The van der Waals surface area contributed by atoms with Crippen LogP contribution >= 0.6 is 11.3 Å². The summed E-state index contributed by atoms with van der Waals surface area (Å²) >= 11 is 1.73. The van der Waals surface area contributed by atoms with Gasteiger partial charge in [-0.05, 0) is 85.9 Å². The molecule has 0 unspecified atom stereocenters. The minimum atomic E-state index is 0. The molecule has 0 aliphatic rings. The molecule has 0 amide bonds. The van der Waals surface area contributed by atoms with Gasteiger partial charge in [0.05, 0.1) is 0 Å². The Morgan fingerprint density at radius 2 is 1.23 bits per heavy atom. The molecule has 0 bridgehead atoms. The van der Waals surface area contributed by atoms with Crippen molar-refractivity contribution in [3.8, 4) is 16.9 Å². The number of benzene rings is 7. The molecule has 7 aromatic carbocycles. The van der Waals surface area contributed by atoms with E-state index in [4.69, 9.17) is 0 Å². The van der Waals surface area contributed by atoms with Gasteiger partial charge in [0.25, 0.3) is 0 Å². The molecule has 9 rings (SSSR count). The summed E-state index contributed by atoms with van der Waals surface area (Å²) in [5, 5.41) is 24.0. The zero-order valence-electron chi connectivity index (χ0n) is 23.9. The predicted octanol–water partition coefficient (Wildman–Crippen LogP) is 11.7. The second-order valence-electron chi connectivity index (χ2n) is 10.8. The number of fused-ring (bicyclic) bond motifs is 9. The van der Waals surface area contributed by atoms with Gasteiger partial charge in [-0.2, -0.15) is 0 Å². The Hall–Kier alpha value is -4.63. The Bertz CT molecular complexity index is 2480. The number of para-hydroxylation sites is 1. The molecular weight excluding hydrogens is 728 g/mol. The molecule has 0 fully saturated rings. The van der Waals surface area contributed by atoms with Crippen LogP contribution in [0.5, 0.6) is 5.75 Å². The summed E-state index contributed by atoms with van der Waals surface area (Å²) in [6, 6.07) is 46.8. The first-order valence-electron chi connectivity index (χ1n) is 14.3. The third-order valence-corrected chi connectivity index (χ3v) is 9.44. The van der Waals surface area contributed by atoms with Crippen molar-refractivity contribution < 1.29 is 26.2 Å². The number of aromatic nitrogens is 1. The molecule has 5 heteroatoms. The number of thiophene rings is 1. The SMILES string of the molecule is C[N-]c1c(O)ccc2sc3ccccc3c12.[W].c1ccc2c(c1)cc(-c1ccc3[nH]c4ccccc4c3c1)c1ccccc12. The zero-order chi connectivity index (χ0) is 28.9. The van der Waals surface area contributed by atoms with Gasteiger partial charge in [0.1, 0.15) is 5.75 Å². The average Bonchev–Trinajstić information content (AvgIpc) is 3.63. The fraction of sp³-hybridized carbons (Fsp3) is 0.0256. The second kappa shape index (κ2) is 11.5. The van der Waals surface area contributed by atoms with Crippen molar-refractivity contribution in [1.82, 2.24) is 4.98 Å². The van der Waals surface area contributed by atoms with Gasteiger partial charge in [0, 0.05) is 52.3 Å². The van der Waals surface area contributed by atoms with E-state index in [1.165, 1.54) is 69.3 Å². The van der Waals surface area contributed by atoms with Crippen molar-refractivity contribution in [2.75, 3.05) is 7.05 Å².